The van der Waals surface area contributed by atoms with Crippen molar-refractivity contribution in [2.75, 3.05) is 0 Å². The van der Waals surface area contributed by atoms with E-state index in [1.54, 1.807) is 12.1 Å². The van der Waals surface area contributed by atoms with Crippen LogP contribution in [0.4, 0.5) is 4.39 Å². The molecule has 1 aliphatic rings. The molecule has 1 aromatic rings. The molecule has 0 amide bonds. The standard InChI is InChI=1S/C12H14ClFO/c1-8-5-12(15,6-8)7-9-3-2-4-10(13)11(9)14/h2-4,8,15H,5-7H2,1H3. The van der Waals surface area contributed by atoms with Crippen molar-refractivity contribution in [1.82, 2.24) is 0 Å². The molecule has 15 heavy (non-hydrogen) atoms. The molecule has 0 aliphatic heterocycles. The predicted octanol–water partition coefficient (Wildman–Crippen LogP) is 3.18. The lowest BCUT2D eigenvalue weighted by atomic mass is 9.69. The third-order valence-corrected chi connectivity index (χ3v) is 3.30. The van der Waals surface area contributed by atoms with E-state index in [1.807, 2.05) is 0 Å². The molecule has 1 fully saturated rings. The molecule has 1 N–H and O–H groups in total. The van der Waals surface area contributed by atoms with E-state index >= 15 is 0 Å². The zero-order chi connectivity index (χ0) is 11.1. The van der Waals surface area contributed by atoms with Gasteiger partial charge in [-0.3, -0.25) is 0 Å². The van der Waals surface area contributed by atoms with Crippen LogP contribution in [-0.2, 0) is 6.42 Å². The fourth-order valence-corrected chi connectivity index (χ4v) is 2.62. The number of hydrogen-bond donors (Lipinski definition) is 1. The Balaban J connectivity index is 2.15. The summed E-state index contributed by atoms with van der Waals surface area (Å²) < 4.78 is 13.5. The van der Waals surface area contributed by atoms with Gasteiger partial charge in [0.2, 0.25) is 0 Å². The minimum atomic E-state index is -0.717. The van der Waals surface area contributed by atoms with Crippen LogP contribution in [0, 0.1) is 11.7 Å². The van der Waals surface area contributed by atoms with Gasteiger partial charge >= 0.3 is 0 Å². The molecule has 0 heterocycles. The van der Waals surface area contributed by atoms with E-state index in [2.05, 4.69) is 6.92 Å². The summed E-state index contributed by atoms with van der Waals surface area (Å²) in [4.78, 5) is 0. The molecule has 3 heteroatoms. The Morgan fingerprint density at radius 3 is 2.80 bits per heavy atom. The minimum Gasteiger partial charge on any atom is -0.390 e. The lowest BCUT2D eigenvalue weighted by Gasteiger charge is -2.42. The zero-order valence-electron chi connectivity index (χ0n) is 8.63. The van der Waals surface area contributed by atoms with Gasteiger partial charge in [-0.2, -0.15) is 0 Å². The van der Waals surface area contributed by atoms with Crippen LogP contribution in [0.5, 0.6) is 0 Å². The lowest BCUT2D eigenvalue weighted by Crippen LogP contribution is -2.44. The van der Waals surface area contributed by atoms with Gasteiger partial charge in [0.15, 0.2) is 0 Å². The highest BCUT2D eigenvalue weighted by molar-refractivity contribution is 6.30. The van der Waals surface area contributed by atoms with Gasteiger partial charge in [-0.25, -0.2) is 4.39 Å². The van der Waals surface area contributed by atoms with Crippen LogP contribution in [0.2, 0.25) is 5.02 Å². The largest absolute Gasteiger partial charge is 0.390 e. The Morgan fingerprint density at radius 1 is 1.53 bits per heavy atom. The van der Waals surface area contributed by atoms with Crippen molar-refractivity contribution < 1.29 is 9.50 Å². The van der Waals surface area contributed by atoms with E-state index < -0.39 is 11.4 Å². The molecule has 82 valence electrons. The number of aliphatic hydroxyl groups is 1. The first-order chi connectivity index (χ1) is 7.00. The van der Waals surface area contributed by atoms with Gasteiger partial charge in [0.1, 0.15) is 5.82 Å². The van der Waals surface area contributed by atoms with Crippen molar-refractivity contribution in [3.8, 4) is 0 Å². The average molecular weight is 229 g/mol. The van der Waals surface area contributed by atoms with Crippen LogP contribution in [0.15, 0.2) is 18.2 Å². The molecule has 0 bridgehead atoms. The highest BCUT2D eigenvalue weighted by Crippen LogP contribution is 2.40. The van der Waals surface area contributed by atoms with Crippen molar-refractivity contribution in [2.45, 2.75) is 31.8 Å². The molecule has 1 saturated carbocycles. The van der Waals surface area contributed by atoms with Crippen LogP contribution >= 0.6 is 11.6 Å². The van der Waals surface area contributed by atoms with Gasteiger partial charge in [0.25, 0.3) is 0 Å². The van der Waals surface area contributed by atoms with Crippen molar-refractivity contribution in [3.05, 3.63) is 34.6 Å². The van der Waals surface area contributed by atoms with Crippen LogP contribution < -0.4 is 0 Å². The molecule has 0 saturated heterocycles. The second kappa shape index (κ2) is 3.76. The molecular formula is C12H14ClFO. The van der Waals surface area contributed by atoms with Crippen molar-refractivity contribution in [1.29, 1.82) is 0 Å². The molecule has 0 spiro atoms. The second-order valence-corrected chi connectivity index (χ2v) is 5.03. The number of hydrogen-bond acceptors (Lipinski definition) is 1. The summed E-state index contributed by atoms with van der Waals surface area (Å²) in [6.07, 6.45) is 1.86. The SMILES string of the molecule is CC1CC(O)(Cc2cccc(Cl)c2F)C1. The average Bonchev–Trinajstić information content (AvgIpc) is 2.11. The zero-order valence-corrected chi connectivity index (χ0v) is 9.39. The molecule has 1 aromatic carbocycles. The van der Waals surface area contributed by atoms with E-state index in [-0.39, 0.29) is 5.02 Å². The van der Waals surface area contributed by atoms with E-state index in [9.17, 15) is 9.50 Å². The second-order valence-electron chi connectivity index (χ2n) is 4.63. The van der Waals surface area contributed by atoms with Crippen molar-refractivity contribution in [2.24, 2.45) is 5.92 Å². The Hall–Kier alpha value is -0.600. The summed E-state index contributed by atoms with van der Waals surface area (Å²) in [5, 5.41) is 10.2. The summed E-state index contributed by atoms with van der Waals surface area (Å²) in [7, 11) is 0. The topological polar surface area (TPSA) is 20.2 Å². The maximum atomic E-state index is 13.5. The highest BCUT2D eigenvalue weighted by Gasteiger charge is 2.40. The van der Waals surface area contributed by atoms with Crippen LogP contribution in [0.3, 0.4) is 0 Å². The van der Waals surface area contributed by atoms with Gasteiger partial charge in [-0.15, -0.1) is 0 Å². The number of rotatable bonds is 2. The summed E-state index contributed by atoms with van der Waals surface area (Å²) >= 11 is 5.68. The highest BCUT2D eigenvalue weighted by atomic mass is 35.5. The number of halogens is 2. The summed E-state index contributed by atoms with van der Waals surface area (Å²) in [5.41, 5.74) is -0.206. The van der Waals surface area contributed by atoms with Crippen LogP contribution in [-0.4, -0.2) is 10.7 Å². The molecule has 2 rings (SSSR count). The van der Waals surface area contributed by atoms with Crippen LogP contribution in [0.1, 0.15) is 25.3 Å². The minimum absolute atomic E-state index is 0.128. The summed E-state index contributed by atoms with van der Waals surface area (Å²) in [6.45, 7) is 2.09. The molecule has 1 aliphatic carbocycles. The summed E-state index contributed by atoms with van der Waals surface area (Å²) in [5.74, 6) is 0.143. The maximum absolute atomic E-state index is 13.5. The van der Waals surface area contributed by atoms with Crippen molar-refractivity contribution in [3.63, 3.8) is 0 Å². The van der Waals surface area contributed by atoms with E-state index in [0.717, 1.165) is 12.8 Å². The summed E-state index contributed by atoms with van der Waals surface area (Å²) in [6, 6.07) is 4.92. The van der Waals surface area contributed by atoms with E-state index in [1.165, 1.54) is 6.07 Å². The fraction of sp³-hybridized carbons (Fsp3) is 0.500. The van der Waals surface area contributed by atoms with E-state index in [4.69, 9.17) is 11.6 Å². The monoisotopic (exact) mass is 228 g/mol. The molecule has 0 aromatic heterocycles. The van der Waals surface area contributed by atoms with Crippen LogP contribution in [0.25, 0.3) is 0 Å². The smallest absolute Gasteiger partial charge is 0.145 e. The number of benzene rings is 1. The Labute approximate surface area is 93.9 Å². The van der Waals surface area contributed by atoms with Gasteiger partial charge in [-0.05, 0) is 30.4 Å². The van der Waals surface area contributed by atoms with Gasteiger partial charge < -0.3 is 5.11 Å². The first-order valence-corrected chi connectivity index (χ1v) is 5.53. The first kappa shape index (κ1) is 10.9. The fourth-order valence-electron chi connectivity index (χ4n) is 2.42. The molecule has 1 nitrogen and oxygen atoms in total. The predicted molar refractivity (Wildman–Crippen MR) is 58.5 cm³/mol. The Bertz CT molecular complexity index is 372. The normalized spacial score (nSPS) is 30.0. The lowest BCUT2D eigenvalue weighted by molar-refractivity contribution is -0.0670. The van der Waals surface area contributed by atoms with Gasteiger partial charge in [0, 0.05) is 6.42 Å². The molecule has 0 radical (unpaired) electrons. The van der Waals surface area contributed by atoms with Gasteiger partial charge in [0.05, 0.1) is 10.6 Å². The third-order valence-electron chi connectivity index (χ3n) is 3.01. The van der Waals surface area contributed by atoms with Gasteiger partial charge in [-0.1, -0.05) is 30.7 Å². The third kappa shape index (κ3) is 2.16. The first-order valence-electron chi connectivity index (χ1n) is 5.15. The molecule has 0 atom stereocenters. The molecular weight excluding hydrogens is 215 g/mol. The quantitative estimate of drug-likeness (QED) is 0.824. The van der Waals surface area contributed by atoms with E-state index in [0.29, 0.717) is 17.9 Å². The molecule has 0 unspecified atom stereocenters. The van der Waals surface area contributed by atoms with Crippen molar-refractivity contribution >= 4 is 11.6 Å². The maximum Gasteiger partial charge on any atom is 0.145 e. The Morgan fingerprint density at radius 2 is 2.20 bits per heavy atom. The Kier molecular flexibility index (Phi) is 2.73.